The maximum atomic E-state index is 12.6. The molecule has 0 fully saturated rings. The second-order valence-corrected chi connectivity index (χ2v) is 8.32. The van der Waals surface area contributed by atoms with Gasteiger partial charge in [-0.25, -0.2) is 9.59 Å². The van der Waals surface area contributed by atoms with Gasteiger partial charge in [-0.05, 0) is 46.9 Å². The Kier molecular flexibility index (Phi) is 6.84. The first-order valence-corrected chi connectivity index (χ1v) is 11.2. The molecule has 8 heteroatoms. The predicted octanol–water partition coefficient (Wildman–Crippen LogP) is 5.29. The number of hydrogen-bond donors (Lipinski definition) is 3. The lowest BCUT2D eigenvalue weighted by Crippen LogP contribution is -2.40. The summed E-state index contributed by atoms with van der Waals surface area (Å²) in [5.74, 6) is -1.80. The summed E-state index contributed by atoms with van der Waals surface area (Å²) in [6, 6.07) is 19.3. The molecule has 1 atom stereocenters. The molecule has 0 bridgehead atoms. The minimum atomic E-state index is -1.12. The second kappa shape index (κ2) is 9.97. The van der Waals surface area contributed by atoms with E-state index in [2.05, 4.69) is 22.8 Å². The van der Waals surface area contributed by atoms with Gasteiger partial charge in [0.15, 0.2) is 0 Å². The number of amides is 2. The number of ether oxygens (including phenoxy) is 1. The first kappa shape index (κ1) is 23.3. The fourth-order valence-electron chi connectivity index (χ4n) is 4.09. The highest BCUT2D eigenvalue weighted by Crippen LogP contribution is 2.44. The van der Waals surface area contributed by atoms with Crippen LogP contribution < -0.4 is 10.6 Å². The summed E-state index contributed by atoms with van der Waals surface area (Å²) in [5.41, 5.74) is 4.79. The van der Waals surface area contributed by atoms with Crippen LogP contribution in [0, 0.1) is 0 Å². The molecule has 0 spiro atoms. The van der Waals surface area contributed by atoms with E-state index >= 15 is 0 Å². The van der Waals surface area contributed by atoms with Crippen LogP contribution in [0.2, 0.25) is 5.02 Å². The molecule has 0 unspecified atom stereocenters. The Morgan fingerprint density at radius 3 is 2.21 bits per heavy atom. The molecule has 0 aromatic heterocycles. The summed E-state index contributed by atoms with van der Waals surface area (Å²) in [7, 11) is 0. The van der Waals surface area contributed by atoms with E-state index in [0.717, 1.165) is 22.3 Å². The molecule has 34 heavy (non-hydrogen) atoms. The maximum Gasteiger partial charge on any atom is 0.411 e. The largest absolute Gasteiger partial charge is 0.480 e. The Morgan fingerprint density at radius 1 is 1.00 bits per heavy atom. The molecule has 2 amide bonds. The van der Waals surface area contributed by atoms with Crippen LogP contribution >= 0.6 is 11.6 Å². The third kappa shape index (κ3) is 4.75. The molecule has 3 aromatic carbocycles. The minimum absolute atomic E-state index is 0.0901. The van der Waals surface area contributed by atoms with Gasteiger partial charge in [-0.15, -0.1) is 0 Å². The summed E-state index contributed by atoms with van der Waals surface area (Å²) in [5, 5.41) is 14.4. The third-order valence-corrected chi connectivity index (χ3v) is 6.15. The lowest BCUT2D eigenvalue weighted by molar-refractivity contribution is -0.139. The Bertz CT molecular complexity index is 1210. The van der Waals surface area contributed by atoms with E-state index in [-0.39, 0.29) is 35.2 Å². The lowest BCUT2D eigenvalue weighted by atomic mass is 9.98. The molecule has 0 saturated carbocycles. The number of hydrogen-bond acceptors (Lipinski definition) is 4. The van der Waals surface area contributed by atoms with Gasteiger partial charge in [-0.3, -0.25) is 10.1 Å². The Hall–Kier alpha value is -3.84. The number of rotatable bonds is 7. The number of anilines is 1. The number of halogens is 1. The van der Waals surface area contributed by atoms with Crippen LogP contribution in [0.15, 0.2) is 66.7 Å². The normalized spacial score (nSPS) is 12.9. The van der Waals surface area contributed by atoms with Crippen molar-refractivity contribution in [2.45, 2.75) is 25.3 Å². The number of carboxylic acids is 1. The van der Waals surface area contributed by atoms with Crippen LogP contribution in [0.4, 0.5) is 10.5 Å². The molecule has 3 aromatic rings. The van der Waals surface area contributed by atoms with Crippen molar-refractivity contribution in [3.8, 4) is 11.1 Å². The molecular weight excluding hydrogens is 456 g/mol. The fourth-order valence-corrected chi connectivity index (χ4v) is 4.25. The molecule has 0 saturated heterocycles. The number of benzene rings is 3. The van der Waals surface area contributed by atoms with Gasteiger partial charge in [0.2, 0.25) is 0 Å². The van der Waals surface area contributed by atoms with Crippen LogP contribution in [-0.2, 0) is 9.53 Å². The quantitative estimate of drug-likeness (QED) is 0.427. The van der Waals surface area contributed by atoms with E-state index in [1.165, 1.54) is 18.2 Å². The summed E-state index contributed by atoms with van der Waals surface area (Å²) in [6.45, 7) is 1.79. The standard InChI is InChI=1S/C26H23ClN2O5/c1-2-22(25(31)32)28-24(30)15-11-12-21(27)23(13-15)29-26(33)34-14-20-18-9-5-3-7-16(18)17-8-4-6-10-19(17)20/h3-13,20,22H,2,14H2,1H3,(H,28,30)(H,29,33)(H,31,32)/t22-/m0/s1. The monoisotopic (exact) mass is 478 g/mol. The topological polar surface area (TPSA) is 105 Å². The first-order chi connectivity index (χ1) is 16.4. The highest BCUT2D eigenvalue weighted by Gasteiger charge is 2.29. The van der Waals surface area contributed by atoms with Gasteiger partial charge in [0.25, 0.3) is 5.91 Å². The van der Waals surface area contributed by atoms with E-state index in [1.54, 1.807) is 6.92 Å². The lowest BCUT2D eigenvalue weighted by Gasteiger charge is -2.16. The van der Waals surface area contributed by atoms with Gasteiger partial charge in [0.05, 0.1) is 10.7 Å². The van der Waals surface area contributed by atoms with Crippen LogP contribution in [0.3, 0.4) is 0 Å². The van der Waals surface area contributed by atoms with Crippen molar-refractivity contribution in [3.63, 3.8) is 0 Å². The molecule has 3 N–H and O–H groups in total. The summed E-state index contributed by atoms with van der Waals surface area (Å²) >= 11 is 6.19. The van der Waals surface area contributed by atoms with Crippen molar-refractivity contribution in [2.75, 3.05) is 11.9 Å². The average molecular weight is 479 g/mol. The number of carbonyl (C=O) groups excluding carboxylic acids is 2. The zero-order valence-electron chi connectivity index (χ0n) is 18.4. The molecule has 4 rings (SSSR count). The maximum absolute atomic E-state index is 12.6. The molecule has 0 heterocycles. The number of nitrogens with one attached hydrogen (secondary N) is 2. The molecule has 1 aliphatic carbocycles. The van der Waals surface area contributed by atoms with Crippen molar-refractivity contribution in [3.05, 3.63) is 88.4 Å². The summed E-state index contributed by atoms with van der Waals surface area (Å²) in [6.07, 6.45) is -0.474. The van der Waals surface area contributed by atoms with E-state index in [0.29, 0.717) is 0 Å². The molecule has 1 aliphatic rings. The second-order valence-electron chi connectivity index (χ2n) is 7.92. The van der Waals surface area contributed by atoms with Crippen LogP contribution in [0.5, 0.6) is 0 Å². The predicted molar refractivity (Wildman–Crippen MR) is 129 cm³/mol. The van der Waals surface area contributed by atoms with Crippen molar-refractivity contribution in [1.29, 1.82) is 0 Å². The van der Waals surface area contributed by atoms with Crippen LogP contribution in [0.1, 0.15) is 40.7 Å². The molecule has 7 nitrogen and oxygen atoms in total. The van der Waals surface area contributed by atoms with Gasteiger partial charge in [0, 0.05) is 11.5 Å². The molecule has 174 valence electrons. The van der Waals surface area contributed by atoms with Crippen molar-refractivity contribution in [2.24, 2.45) is 0 Å². The van der Waals surface area contributed by atoms with Gasteiger partial charge in [-0.1, -0.05) is 67.1 Å². The number of fused-ring (bicyclic) bond motifs is 3. The SMILES string of the molecule is CC[C@H](NC(=O)c1ccc(Cl)c(NC(=O)OCC2c3ccccc3-c3ccccc32)c1)C(=O)O. The molecule has 0 aliphatic heterocycles. The van der Waals surface area contributed by atoms with Crippen LogP contribution in [0.25, 0.3) is 11.1 Å². The average Bonchev–Trinajstić information content (AvgIpc) is 3.16. The number of carboxylic acid groups (broad SMARTS) is 1. The first-order valence-electron chi connectivity index (χ1n) is 10.8. The smallest absolute Gasteiger partial charge is 0.411 e. The highest BCUT2D eigenvalue weighted by atomic mass is 35.5. The Balaban J connectivity index is 1.44. The molecule has 0 radical (unpaired) electrons. The van der Waals surface area contributed by atoms with Gasteiger partial charge >= 0.3 is 12.1 Å². The van der Waals surface area contributed by atoms with E-state index in [4.69, 9.17) is 21.4 Å². The van der Waals surface area contributed by atoms with Crippen molar-refractivity contribution < 1.29 is 24.2 Å². The number of aliphatic carboxylic acids is 1. The van der Waals surface area contributed by atoms with E-state index < -0.39 is 24.0 Å². The fraction of sp³-hybridized carbons (Fsp3) is 0.192. The van der Waals surface area contributed by atoms with E-state index in [9.17, 15) is 14.4 Å². The van der Waals surface area contributed by atoms with Gasteiger partial charge < -0.3 is 15.2 Å². The zero-order valence-corrected chi connectivity index (χ0v) is 19.1. The zero-order chi connectivity index (χ0) is 24.2. The minimum Gasteiger partial charge on any atom is -0.480 e. The molecular formula is C26H23ClN2O5. The van der Waals surface area contributed by atoms with Crippen LogP contribution in [-0.4, -0.2) is 35.7 Å². The van der Waals surface area contributed by atoms with Crippen molar-refractivity contribution >= 4 is 35.3 Å². The summed E-state index contributed by atoms with van der Waals surface area (Å²) in [4.78, 5) is 36.2. The van der Waals surface area contributed by atoms with Gasteiger partial charge in [0.1, 0.15) is 12.6 Å². The Morgan fingerprint density at radius 2 is 1.62 bits per heavy atom. The number of carbonyl (C=O) groups is 3. The highest BCUT2D eigenvalue weighted by molar-refractivity contribution is 6.33. The summed E-state index contributed by atoms with van der Waals surface area (Å²) < 4.78 is 5.53. The van der Waals surface area contributed by atoms with E-state index in [1.807, 2.05) is 36.4 Å². The Labute approximate surface area is 201 Å². The van der Waals surface area contributed by atoms with Gasteiger partial charge in [-0.2, -0.15) is 0 Å². The van der Waals surface area contributed by atoms with Crippen molar-refractivity contribution in [1.82, 2.24) is 5.32 Å². The third-order valence-electron chi connectivity index (χ3n) is 5.82.